The first-order valence-electron chi connectivity index (χ1n) is 21.2. The van der Waals surface area contributed by atoms with Gasteiger partial charge in [0.05, 0.1) is 11.4 Å². The molecule has 2 bridgehead atoms. The molecule has 6 aromatic carbocycles. The van der Waals surface area contributed by atoms with Crippen LogP contribution in [0.5, 0.6) is 0 Å². The molecule has 0 N–H and O–H groups in total. The van der Waals surface area contributed by atoms with Crippen LogP contribution in [0.2, 0.25) is 0 Å². The topological polar surface area (TPSA) is 3.24 Å². The molecular formula is C54H51N. The van der Waals surface area contributed by atoms with Gasteiger partial charge in [0, 0.05) is 22.2 Å². The van der Waals surface area contributed by atoms with E-state index in [0.717, 1.165) is 23.7 Å². The Balaban J connectivity index is 1.10. The summed E-state index contributed by atoms with van der Waals surface area (Å²) in [7, 11) is 0. The molecular weight excluding hydrogens is 663 g/mol. The van der Waals surface area contributed by atoms with Gasteiger partial charge in [-0.25, -0.2) is 0 Å². The van der Waals surface area contributed by atoms with Crippen molar-refractivity contribution in [3.63, 3.8) is 0 Å². The first-order valence-corrected chi connectivity index (χ1v) is 21.2. The Morgan fingerprint density at radius 1 is 0.491 bits per heavy atom. The first-order chi connectivity index (χ1) is 26.7. The van der Waals surface area contributed by atoms with Crippen LogP contribution in [-0.2, 0) is 16.2 Å². The van der Waals surface area contributed by atoms with Gasteiger partial charge in [0.15, 0.2) is 0 Å². The van der Waals surface area contributed by atoms with Crippen LogP contribution in [0.25, 0.3) is 33.4 Å². The summed E-state index contributed by atoms with van der Waals surface area (Å²) in [6, 6.07) is 53.6. The Kier molecular flexibility index (Phi) is 6.42. The molecule has 2 spiro atoms. The van der Waals surface area contributed by atoms with E-state index < -0.39 is 0 Å². The van der Waals surface area contributed by atoms with E-state index in [1.54, 1.807) is 11.1 Å². The molecule has 0 aromatic heterocycles. The maximum atomic E-state index is 2.64. The van der Waals surface area contributed by atoms with Crippen molar-refractivity contribution >= 4 is 17.1 Å². The summed E-state index contributed by atoms with van der Waals surface area (Å²) in [4.78, 5) is 2.64. The van der Waals surface area contributed by atoms with Gasteiger partial charge >= 0.3 is 0 Å². The molecule has 1 nitrogen and oxygen atoms in total. The van der Waals surface area contributed by atoms with E-state index in [9.17, 15) is 0 Å². The van der Waals surface area contributed by atoms with Crippen molar-refractivity contribution in [1.29, 1.82) is 0 Å². The van der Waals surface area contributed by atoms with Gasteiger partial charge in [-0.1, -0.05) is 143 Å². The van der Waals surface area contributed by atoms with E-state index in [0.29, 0.717) is 5.41 Å². The first kappa shape index (κ1) is 32.4. The number of benzene rings is 6. The Bertz CT molecular complexity index is 2540. The molecule has 272 valence electrons. The highest BCUT2D eigenvalue weighted by molar-refractivity contribution is 5.99. The smallest absolute Gasteiger partial charge is 0.0543 e. The summed E-state index contributed by atoms with van der Waals surface area (Å²) in [5, 5.41) is 0. The number of para-hydroxylation sites is 1. The minimum atomic E-state index is 0.0809. The zero-order chi connectivity index (χ0) is 36.9. The monoisotopic (exact) mass is 713 g/mol. The summed E-state index contributed by atoms with van der Waals surface area (Å²) in [5.41, 5.74) is 19.2. The van der Waals surface area contributed by atoms with Gasteiger partial charge in [-0.3, -0.25) is 0 Å². The van der Waals surface area contributed by atoms with Crippen molar-refractivity contribution in [2.24, 2.45) is 29.1 Å². The lowest BCUT2D eigenvalue weighted by Gasteiger charge is -2.76. The average Bonchev–Trinajstić information content (AvgIpc) is 3.85. The Hall–Kier alpha value is -4.88. The molecule has 55 heavy (non-hydrogen) atoms. The molecule has 1 heteroatoms. The van der Waals surface area contributed by atoms with E-state index in [1.807, 2.05) is 0 Å². The molecule has 0 radical (unpaired) electrons. The third-order valence-corrected chi connectivity index (χ3v) is 16.4. The molecule has 0 aliphatic heterocycles. The molecule has 6 aliphatic carbocycles. The van der Waals surface area contributed by atoms with Crippen LogP contribution in [-0.4, -0.2) is 0 Å². The second-order valence-corrected chi connectivity index (χ2v) is 19.6. The summed E-state index contributed by atoms with van der Waals surface area (Å²) < 4.78 is 0. The van der Waals surface area contributed by atoms with Crippen molar-refractivity contribution in [1.82, 2.24) is 0 Å². The Morgan fingerprint density at radius 2 is 1.11 bits per heavy atom. The normalized spacial score (nSPS) is 29.1. The highest BCUT2D eigenvalue weighted by Crippen LogP contribution is 2.89. The van der Waals surface area contributed by atoms with Crippen molar-refractivity contribution in [2.45, 2.75) is 82.5 Å². The largest absolute Gasteiger partial charge is 0.309 e. The summed E-state index contributed by atoms with van der Waals surface area (Å²) >= 11 is 0. The third kappa shape index (κ3) is 4.00. The van der Waals surface area contributed by atoms with E-state index in [4.69, 9.17) is 0 Å². The summed E-state index contributed by atoms with van der Waals surface area (Å²) in [6.07, 6.45) is 8.23. The molecule has 0 saturated heterocycles. The molecule has 6 aliphatic rings. The molecule has 5 unspecified atom stereocenters. The van der Waals surface area contributed by atoms with Crippen molar-refractivity contribution in [3.05, 3.63) is 162 Å². The average molecular weight is 714 g/mol. The maximum absolute atomic E-state index is 2.64. The van der Waals surface area contributed by atoms with Gasteiger partial charge in [-0.15, -0.1) is 0 Å². The second kappa shape index (κ2) is 10.9. The second-order valence-electron chi connectivity index (χ2n) is 19.6. The van der Waals surface area contributed by atoms with Gasteiger partial charge < -0.3 is 4.90 Å². The fourth-order valence-electron chi connectivity index (χ4n) is 14.2. The fraction of sp³-hybridized carbons (Fsp3) is 0.333. The standard InChI is InChI=1S/C54H51N/c1-51(2)28-29-52(3,4)50-40(18-12-21-44(50)51)39-16-9-11-22-45(39)55(38-26-24-36(25-27-38)35-14-6-5-7-15-35)46-23-13-20-43-49(46)41-17-8-10-19-42(41)54(43)47-31-34-30-37-32-48(54)53(37,47)33-34/h5-27,34,37,47-48H,28-33H2,1-4H3/t34?,37?,47?,48?,53-,54?/m0/s1. The SMILES string of the molecule is CC1(C)CCC(C)(C)c2c(-c3ccccc3N(c3ccc(-c4ccccc4)cc3)c3cccc4c3-c3ccccc3C43C4CC5CC6CC3[C@@]64C5)cccc21. The van der Waals surface area contributed by atoms with Crippen LogP contribution >= 0.6 is 0 Å². The highest BCUT2D eigenvalue weighted by atomic mass is 15.1. The fourth-order valence-corrected chi connectivity index (χ4v) is 14.2. The molecule has 4 fully saturated rings. The van der Waals surface area contributed by atoms with Crippen molar-refractivity contribution < 1.29 is 0 Å². The van der Waals surface area contributed by atoms with Crippen molar-refractivity contribution in [2.75, 3.05) is 4.90 Å². The zero-order valence-electron chi connectivity index (χ0n) is 32.8. The van der Waals surface area contributed by atoms with Crippen LogP contribution in [0.15, 0.2) is 140 Å². The zero-order valence-corrected chi connectivity index (χ0v) is 32.8. The minimum absolute atomic E-state index is 0.0809. The lowest BCUT2D eigenvalue weighted by Crippen LogP contribution is -2.73. The summed E-state index contributed by atoms with van der Waals surface area (Å²) in [5.74, 6) is 3.49. The summed E-state index contributed by atoms with van der Waals surface area (Å²) in [6.45, 7) is 9.84. The van der Waals surface area contributed by atoms with Gasteiger partial charge in [0.2, 0.25) is 0 Å². The predicted molar refractivity (Wildman–Crippen MR) is 228 cm³/mol. The van der Waals surface area contributed by atoms with E-state index in [1.165, 1.54) is 100 Å². The molecule has 0 amide bonds. The van der Waals surface area contributed by atoms with Gasteiger partial charge in [0.25, 0.3) is 0 Å². The van der Waals surface area contributed by atoms with Gasteiger partial charge in [-0.05, 0) is 147 Å². The molecule has 12 rings (SSSR count). The van der Waals surface area contributed by atoms with E-state index >= 15 is 0 Å². The van der Waals surface area contributed by atoms with Crippen LogP contribution < -0.4 is 4.90 Å². The molecule has 6 aromatic rings. The van der Waals surface area contributed by atoms with Gasteiger partial charge in [0.1, 0.15) is 0 Å². The van der Waals surface area contributed by atoms with Gasteiger partial charge in [-0.2, -0.15) is 0 Å². The lowest BCUT2D eigenvalue weighted by atomic mass is 9.27. The predicted octanol–water partition coefficient (Wildman–Crippen LogP) is 14.2. The number of hydrogen-bond acceptors (Lipinski definition) is 1. The molecule has 0 heterocycles. The lowest BCUT2D eigenvalue weighted by molar-refractivity contribution is -0.231. The number of anilines is 3. The molecule has 4 saturated carbocycles. The van der Waals surface area contributed by atoms with Crippen LogP contribution in [0.1, 0.15) is 88.5 Å². The quantitative estimate of drug-likeness (QED) is 0.172. The Labute approximate surface area is 327 Å². The Morgan fingerprint density at radius 3 is 1.93 bits per heavy atom. The highest BCUT2D eigenvalue weighted by Gasteiger charge is 2.84. The van der Waals surface area contributed by atoms with Crippen molar-refractivity contribution in [3.8, 4) is 33.4 Å². The van der Waals surface area contributed by atoms with Crippen LogP contribution in [0.4, 0.5) is 17.1 Å². The number of hydrogen-bond donors (Lipinski definition) is 0. The minimum Gasteiger partial charge on any atom is -0.309 e. The number of nitrogens with zero attached hydrogens (tertiary/aromatic N) is 1. The van der Waals surface area contributed by atoms with E-state index in [-0.39, 0.29) is 16.2 Å². The third-order valence-electron chi connectivity index (χ3n) is 16.4. The van der Waals surface area contributed by atoms with Crippen LogP contribution in [0.3, 0.4) is 0 Å². The number of rotatable bonds is 5. The van der Waals surface area contributed by atoms with E-state index in [2.05, 4.69) is 172 Å². The number of fused-ring (bicyclic) bond motifs is 9. The van der Waals surface area contributed by atoms with Crippen LogP contribution in [0, 0.1) is 29.1 Å². The molecule has 6 atom stereocenters. The maximum Gasteiger partial charge on any atom is 0.0543 e.